The van der Waals surface area contributed by atoms with Gasteiger partial charge in [0.05, 0.1) is 4.90 Å². The molecule has 0 bridgehead atoms. The molecule has 0 radical (unpaired) electrons. The average molecular weight is 316 g/mol. The summed E-state index contributed by atoms with van der Waals surface area (Å²) in [6.07, 6.45) is 3.20. The highest BCUT2D eigenvalue weighted by Crippen LogP contribution is 2.33. The Hall–Kier alpha value is -0.430. The monoisotopic (exact) mass is 316 g/mol. The fraction of sp³-hybridized carbons (Fsp3) is 0.714. The normalized spacial score (nSPS) is 15.9. The first-order valence-corrected chi connectivity index (χ1v) is 9.68. The summed E-state index contributed by atoms with van der Waals surface area (Å²) < 4.78 is 27.4. The van der Waals surface area contributed by atoms with Gasteiger partial charge in [-0.3, -0.25) is 0 Å². The Morgan fingerprint density at radius 1 is 1.40 bits per heavy atom. The van der Waals surface area contributed by atoms with E-state index in [1.165, 1.54) is 24.2 Å². The summed E-state index contributed by atoms with van der Waals surface area (Å²) in [5.41, 5.74) is 0. The largest absolute Gasteiger partial charge is 0.312 e. The first-order valence-electron chi connectivity index (χ1n) is 7.36. The van der Waals surface area contributed by atoms with Gasteiger partial charge in [-0.1, -0.05) is 13.8 Å². The molecule has 114 valence electrons. The van der Waals surface area contributed by atoms with Crippen molar-refractivity contribution < 1.29 is 8.42 Å². The van der Waals surface area contributed by atoms with Crippen molar-refractivity contribution in [3.8, 4) is 0 Å². The lowest BCUT2D eigenvalue weighted by atomic mass is 10.4. The molecule has 0 atom stereocenters. The number of nitrogens with zero attached hydrogens (tertiary/aromatic N) is 1. The van der Waals surface area contributed by atoms with Crippen molar-refractivity contribution in [3.05, 3.63) is 16.3 Å². The minimum atomic E-state index is -3.33. The molecule has 0 saturated heterocycles. The van der Waals surface area contributed by atoms with Crippen LogP contribution in [0.25, 0.3) is 0 Å². The predicted molar refractivity (Wildman–Crippen MR) is 83.5 cm³/mol. The zero-order valence-corrected chi connectivity index (χ0v) is 13.9. The Balaban J connectivity index is 2.19. The topological polar surface area (TPSA) is 49.4 Å². The van der Waals surface area contributed by atoms with Gasteiger partial charge >= 0.3 is 0 Å². The molecular formula is C14H24N2O2S2. The molecule has 0 aliphatic heterocycles. The molecule has 1 saturated carbocycles. The Kier molecular flexibility index (Phi) is 5.60. The van der Waals surface area contributed by atoms with Gasteiger partial charge in [0.2, 0.25) is 10.0 Å². The molecule has 1 aliphatic rings. The quantitative estimate of drug-likeness (QED) is 0.762. The summed E-state index contributed by atoms with van der Waals surface area (Å²) in [6.45, 7) is 6.84. The maximum atomic E-state index is 12.8. The zero-order valence-electron chi connectivity index (χ0n) is 12.3. The van der Waals surface area contributed by atoms with Crippen molar-refractivity contribution in [1.82, 2.24) is 9.62 Å². The number of hydrogen-bond donors (Lipinski definition) is 1. The minimum Gasteiger partial charge on any atom is -0.312 e. The van der Waals surface area contributed by atoms with Crippen molar-refractivity contribution in [2.24, 2.45) is 5.92 Å². The molecule has 20 heavy (non-hydrogen) atoms. The van der Waals surface area contributed by atoms with E-state index >= 15 is 0 Å². The molecular weight excluding hydrogens is 292 g/mol. The van der Waals surface area contributed by atoms with Gasteiger partial charge < -0.3 is 5.32 Å². The third kappa shape index (κ3) is 3.81. The summed E-state index contributed by atoms with van der Waals surface area (Å²) in [5.74, 6) is 0.576. The molecule has 1 aliphatic carbocycles. The fourth-order valence-corrected chi connectivity index (χ4v) is 5.21. The van der Waals surface area contributed by atoms with Crippen LogP contribution in [0.5, 0.6) is 0 Å². The SMILES string of the molecule is CCCN(CC1CC1)S(=O)(=O)c1ccsc1CNCC. The molecule has 0 unspecified atom stereocenters. The van der Waals surface area contributed by atoms with Gasteiger partial charge in [-0.05, 0) is 43.2 Å². The van der Waals surface area contributed by atoms with Crippen LogP contribution in [0, 0.1) is 5.92 Å². The van der Waals surface area contributed by atoms with E-state index in [2.05, 4.69) is 5.32 Å². The first kappa shape index (κ1) is 15.9. The van der Waals surface area contributed by atoms with Gasteiger partial charge in [-0.15, -0.1) is 11.3 Å². The minimum absolute atomic E-state index is 0.498. The van der Waals surface area contributed by atoms with Crippen molar-refractivity contribution >= 4 is 21.4 Å². The van der Waals surface area contributed by atoms with Crippen LogP contribution < -0.4 is 5.32 Å². The highest BCUT2D eigenvalue weighted by Gasteiger charge is 2.32. The lowest BCUT2D eigenvalue weighted by molar-refractivity contribution is 0.395. The van der Waals surface area contributed by atoms with E-state index in [1.54, 1.807) is 10.4 Å². The van der Waals surface area contributed by atoms with E-state index < -0.39 is 10.0 Å². The second-order valence-electron chi connectivity index (χ2n) is 5.29. The first-order chi connectivity index (χ1) is 9.59. The van der Waals surface area contributed by atoms with Crippen LogP contribution >= 0.6 is 11.3 Å². The molecule has 6 heteroatoms. The van der Waals surface area contributed by atoms with Gasteiger partial charge in [0, 0.05) is 24.5 Å². The highest BCUT2D eigenvalue weighted by atomic mass is 32.2. The maximum Gasteiger partial charge on any atom is 0.244 e. The lowest BCUT2D eigenvalue weighted by Crippen LogP contribution is -2.34. The molecule has 4 nitrogen and oxygen atoms in total. The van der Waals surface area contributed by atoms with Gasteiger partial charge in [0.25, 0.3) is 0 Å². The second kappa shape index (κ2) is 7.02. The highest BCUT2D eigenvalue weighted by molar-refractivity contribution is 7.89. The second-order valence-corrected chi connectivity index (χ2v) is 8.20. The smallest absolute Gasteiger partial charge is 0.244 e. The van der Waals surface area contributed by atoms with Crippen LogP contribution in [-0.4, -0.2) is 32.4 Å². The van der Waals surface area contributed by atoms with Crippen molar-refractivity contribution in [2.45, 2.75) is 44.6 Å². The fourth-order valence-electron chi connectivity index (χ4n) is 2.21. The number of sulfonamides is 1. The average Bonchev–Trinajstić information content (AvgIpc) is 3.10. The molecule has 2 rings (SSSR count). The molecule has 1 heterocycles. The van der Waals surface area contributed by atoms with Crippen LogP contribution in [-0.2, 0) is 16.6 Å². The maximum absolute atomic E-state index is 12.8. The zero-order chi connectivity index (χ0) is 14.6. The Morgan fingerprint density at radius 2 is 2.15 bits per heavy atom. The van der Waals surface area contributed by atoms with Crippen LogP contribution in [0.3, 0.4) is 0 Å². The van der Waals surface area contributed by atoms with Gasteiger partial charge in [-0.25, -0.2) is 8.42 Å². The summed E-state index contributed by atoms with van der Waals surface area (Å²) in [5, 5.41) is 5.09. The third-order valence-electron chi connectivity index (χ3n) is 3.49. The molecule has 0 aromatic carbocycles. The molecule has 1 fully saturated rings. The number of rotatable bonds is 9. The molecule has 1 aromatic rings. The lowest BCUT2D eigenvalue weighted by Gasteiger charge is -2.21. The number of thiophene rings is 1. The van der Waals surface area contributed by atoms with Crippen molar-refractivity contribution in [3.63, 3.8) is 0 Å². The molecule has 0 amide bonds. The van der Waals surface area contributed by atoms with E-state index in [-0.39, 0.29) is 0 Å². The van der Waals surface area contributed by atoms with E-state index in [9.17, 15) is 8.42 Å². The number of nitrogens with one attached hydrogen (secondary N) is 1. The van der Waals surface area contributed by atoms with Crippen LogP contribution in [0.2, 0.25) is 0 Å². The summed E-state index contributed by atoms with van der Waals surface area (Å²) in [6, 6.07) is 1.75. The van der Waals surface area contributed by atoms with E-state index in [0.717, 1.165) is 17.8 Å². The molecule has 0 spiro atoms. The van der Waals surface area contributed by atoms with Crippen LogP contribution in [0.15, 0.2) is 16.3 Å². The molecule has 1 aromatic heterocycles. The third-order valence-corrected chi connectivity index (χ3v) is 6.49. The standard InChI is InChI=1S/C14H24N2O2S2/c1-3-8-16(11-12-5-6-12)20(17,18)14-7-9-19-13(14)10-15-4-2/h7,9,12,15H,3-6,8,10-11H2,1-2H3. The Morgan fingerprint density at radius 3 is 2.75 bits per heavy atom. The summed E-state index contributed by atoms with van der Waals surface area (Å²) in [4.78, 5) is 1.42. The van der Waals surface area contributed by atoms with Gasteiger partial charge in [-0.2, -0.15) is 4.31 Å². The Labute approximate surface area is 126 Å². The van der Waals surface area contributed by atoms with Crippen LogP contribution in [0.4, 0.5) is 0 Å². The van der Waals surface area contributed by atoms with Crippen molar-refractivity contribution in [1.29, 1.82) is 0 Å². The predicted octanol–water partition coefficient (Wildman–Crippen LogP) is 2.67. The molecule has 1 N–H and O–H groups in total. The van der Waals surface area contributed by atoms with Crippen LogP contribution in [0.1, 0.15) is 38.0 Å². The van der Waals surface area contributed by atoms with Crippen molar-refractivity contribution in [2.75, 3.05) is 19.6 Å². The van der Waals surface area contributed by atoms with E-state index in [1.807, 2.05) is 19.2 Å². The Bertz CT molecular complexity index is 521. The number of hydrogen-bond acceptors (Lipinski definition) is 4. The van der Waals surface area contributed by atoms with Gasteiger partial charge in [0.1, 0.15) is 0 Å². The summed E-state index contributed by atoms with van der Waals surface area (Å²) in [7, 11) is -3.33. The van der Waals surface area contributed by atoms with Gasteiger partial charge in [0.15, 0.2) is 0 Å². The van der Waals surface area contributed by atoms with E-state index in [0.29, 0.717) is 30.4 Å². The van der Waals surface area contributed by atoms with E-state index in [4.69, 9.17) is 0 Å². The summed E-state index contributed by atoms with van der Waals surface area (Å²) >= 11 is 1.52.